The predicted molar refractivity (Wildman–Crippen MR) is 203 cm³/mol. The molecule has 2 fully saturated rings. The highest BCUT2D eigenvalue weighted by atomic mass is 19.1. The van der Waals surface area contributed by atoms with Crippen molar-refractivity contribution in [2.24, 2.45) is 11.8 Å². The summed E-state index contributed by atoms with van der Waals surface area (Å²) in [5, 5.41) is 9.32. The summed E-state index contributed by atoms with van der Waals surface area (Å²) in [6.07, 6.45) is 0.974. The van der Waals surface area contributed by atoms with Gasteiger partial charge in [0.2, 0.25) is 0 Å². The van der Waals surface area contributed by atoms with Crippen LogP contribution in [0.2, 0.25) is 0 Å². The van der Waals surface area contributed by atoms with Crippen LogP contribution in [0.1, 0.15) is 115 Å². The van der Waals surface area contributed by atoms with Gasteiger partial charge in [-0.05, 0) is 102 Å². The molecule has 2 heterocycles. The molecule has 2 aromatic rings. The monoisotopic (exact) mass is 758 g/mol. The Labute approximate surface area is 320 Å². The topological polar surface area (TPSA) is 110 Å². The van der Waals surface area contributed by atoms with Gasteiger partial charge in [-0.2, -0.15) is 0 Å². The molecule has 6 atom stereocenters. The lowest BCUT2D eigenvalue weighted by Crippen LogP contribution is -2.40. The first-order valence-corrected chi connectivity index (χ1v) is 19.0. The smallest absolute Gasteiger partial charge is 0.338 e. The molecule has 0 saturated carbocycles. The van der Waals surface area contributed by atoms with E-state index < -0.39 is 65.7 Å². The predicted octanol–water partition coefficient (Wildman–Crippen LogP) is 9.45. The number of hydrogen-bond acceptors (Lipinski definition) is 9. The number of carbonyl (C=O) groups excluding carboxylic acids is 2. The molecule has 11 heteroatoms. The average molecular weight is 759 g/mol. The lowest BCUT2D eigenvalue weighted by molar-refractivity contribution is -0.155. The van der Waals surface area contributed by atoms with Crippen molar-refractivity contribution in [3.63, 3.8) is 0 Å². The van der Waals surface area contributed by atoms with E-state index in [1.54, 1.807) is 82.3 Å². The molecule has 4 rings (SSSR count). The number of aliphatic hydroxyl groups is 1. The Bertz CT molecular complexity index is 1390. The van der Waals surface area contributed by atoms with Gasteiger partial charge < -0.3 is 33.5 Å². The van der Waals surface area contributed by atoms with E-state index in [4.69, 9.17) is 28.4 Å². The highest BCUT2D eigenvalue weighted by Gasteiger charge is 2.49. The van der Waals surface area contributed by atoms with Gasteiger partial charge in [0.1, 0.15) is 23.9 Å². The van der Waals surface area contributed by atoms with Crippen LogP contribution in [0, 0.1) is 11.8 Å². The van der Waals surface area contributed by atoms with Crippen LogP contribution >= 0.6 is 0 Å². The van der Waals surface area contributed by atoms with Gasteiger partial charge in [-0.3, -0.25) is 0 Å². The number of aliphatic hydroxyl groups excluding tert-OH is 1. The molecule has 0 bridgehead atoms. The van der Waals surface area contributed by atoms with Crippen LogP contribution in [-0.2, 0) is 28.4 Å². The Balaban J connectivity index is 0.000000290. The second-order valence-corrected chi connectivity index (χ2v) is 15.4. The summed E-state index contributed by atoms with van der Waals surface area (Å²) in [6.45, 7) is 16.9. The molecule has 2 aliphatic heterocycles. The molecule has 2 aromatic carbocycles. The van der Waals surface area contributed by atoms with Crippen molar-refractivity contribution in [1.82, 2.24) is 0 Å². The molecule has 54 heavy (non-hydrogen) atoms. The Hall–Kier alpha value is -3.48. The molecule has 0 aliphatic carbocycles. The summed E-state index contributed by atoms with van der Waals surface area (Å²) < 4.78 is 64.7. The first-order chi connectivity index (χ1) is 25.5. The molecular weight excluding hydrogens is 698 g/mol. The van der Waals surface area contributed by atoms with Gasteiger partial charge >= 0.3 is 11.9 Å². The van der Waals surface area contributed by atoms with Crippen LogP contribution in [0.3, 0.4) is 0 Å². The number of benzene rings is 2. The molecule has 2 saturated heterocycles. The third-order valence-corrected chi connectivity index (χ3v) is 8.63. The van der Waals surface area contributed by atoms with Gasteiger partial charge in [0.15, 0.2) is 23.8 Å². The van der Waals surface area contributed by atoms with Crippen LogP contribution in [-0.4, -0.2) is 71.9 Å². The zero-order chi connectivity index (χ0) is 40.1. The second kappa shape index (κ2) is 21.0. The van der Waals surface area contributed by atoms with E-state index in [0.29, 0.717) is 36.3 Å². The fraction of sp³-hybridized carbons (Fsp3) is 0.581. The molecule has 6 unspecified atom stereocenters. The van der Waals surface area contributed by atoms with Crippen LogP contribution in [0.4, 0.5) is 8.78 Å². The van der Waals surface area contributed by atoms with Crippen molar-refractivity contribution in [3.8, 4) is 0 Å². The fourth-order valence-corrected chi connectivity index (χ4v) is 6.10. The lowest BCUT2D eigenvalue weighted by atomic mass is 10.0. The van der Waals surface area contributed by atoms with E-state index in [-0.39, 0.29) is 25.0 Å². The van der Waals surface area contributed by atoms with Gasteiger partial charge in [-0.25, -0.2) is 18.4 Å². The summed E-state index contributed by atoms with van der Waals surface area (Å²) in [5.74, 6) is -3.51. The van der Waals surface area contributed by atoms with Gasteiger partial charge in [-0.15, -0.1) is 0 Å². The molecule has 0 radical (unpaired) electrons. The number of rotatable bonds is 16. The lowest BCUT2D eigenvalue weighted by Gasteiger charge is -2.26. The van der Waals surface area contributed by atoms with Gasteiger partial charge in [0, 0.05) is 6.61 Å². The third-order valence-electron chi connectivity index (χ3n) is 8.63. The van der Waals surface area contributed by atoms with E-state index in [1.807, 2.05) is 40.7 Å². The number of hydrogen-bond donors (Lipinski definition) is 1. The second-order valence-electron chi connectivity index (χ2n) is 15.4. The quantitative estimate of drug-likeness (QED) is 0.168. The first kappa shape index (κ1) is 44.9. The average Bonchev–Trinajstić information content (AvgIpc) is 3.60. The Morgan fingerprint density at radius 2 is 1.06 bits per heavy atom. The van der Waals surface area contributed by atoms with E-state index in [1.165, 1.54) is 12.2 Å². The number of halogens is 2. The Kier molecular flexibility index (Phi) is 17.5. The largest absolute Gasteiger partial charge is 0.449 e. The number of esters is 2. The summed E-state index contributed by atoms with van der Waals surface area (Å²) in [5.41, 5.74) is 0.709. The molecule has 300 valence electrons. The van der Waals surface area contributed by atoms with Crippen molar-refractivity contribution in [1.29, 1.82) is 0 Å². The maximum absolute atomic E-state index is 15.1. The normalized spacial score (nSPS) is 23.4. The summed E-state index contributed by atoms with van der Waals surface area (Å²) in [4.78, 5) is 25.1. The van der Waals surface area contributed by atoms with E-state index in [2.05, 4.69) is 0 Å². The minimum absolute atomic E-state index is 0.142. The van der Waals surface area contributed by atoms with Crippen LogP contribution in [0.25, 0.3) is 0 Å². The first-order valence-electron chi connectivity index (χ1n) is 19.0. The van der Waals surface area contributed by atoms with Gasteiger partial charge in [0.25, 0.3) is 0 Å². The maximum atomic E-state index is 15.1. The number of allylic oxidation sites excluding steroid dienone is 2. The molecule has 0 amide bonds. The maximum Gasteiger partial charge on any atom is 0.338 e. The van der Waals surface area contributed by atoms with Crippen LogP contribution in [0.15, 0.2) is 84.5 Å². The van der Waals surface area contributed by atoms with E-state index in [0.717, 1.165) is 6.42 Å². The molecule has 2 aliphatic rings. The molecule has 9 nitrogen and oxygen atoms in total. The zero-order valence-electron chi connectivity index (χ0n) is 33.3. The SMILES string of the molecule is CC(C)C/C=C(/F)C(OC(=O)c1ccccc1)C1OC(C)(C)OC1CCO.CCCC1OC(C)(C)OC1C(OC(=O)c1ccccc1)/C(F)=C\CC(C)C. The summed E-state index contributed by atoms with van der Waals surface area (Å²) in [7, 11) is 0. The van der Waals surface area contributed by atoms with Crippen molar-refractivity contribution >= 4 is 11.9 Å². The standard InChI is InChI=1S/C22H31FO4.C21H29FO5/c1-6-10-18-20(27-22(4,5)26-18)19(17(23)14-13-15(2)3)25-21(24)16-11-8-7-9-12-16;1-14(2)10-11-16(22)18(25-20(24)15-8-6-5-7-9-15)19-17(12-13-23)26-21(3,4)27-19/h7-9,11-12,14-15,18-20H,6,10,13H2,1-5H3;5-9,11,14,17-19,23H,10,12-13H2,1-4H3/b17-14+;16-11+. The van der Waals surface area contributed by atoms with Crippen molar-refractivity contribution < 1.29 is 51.9 Å². The molecule has 0 aromatic heterocycles. The molecular formula is C43H60F2O9. The van der Waals surface area contributed by atoms with E-state index >= 15 is 8.78 Å². The highest BCUT2D eigenvalue weighted by molar-refractivity contribution is 5.90. The zero-order valence-corrected chi connectivity index (χ0v) is 33.3. The molecule has 1 N–H and O–H groups in total. The number of carbonyl (C=O) groups is 2. The molecule has 0 spiro atoms. The summed E-state index contributed by atoms with van der Waals surface area (Å²) >= 11 is 0. The van der Waals surface area contributed by atoms with Crippen molar-refractivity contribution in [2.75, 3.05) is 6.61 Å². The minimum atomic E-state index is -1.24. The fourth-order valence-electron chi connectivity index (χ4n) is 6.10. The van der Waals surface area contributed by atoms with Crippen molar-refractivity contribution in [3.05, 3.63) is 95.6 Å². The third kappa shape index (κ3) is 14.0. The van der Waals surface area contributed by atoms with Gasteiger partial charge in [-0.1, -0.05) is 77.4 Å². The van der Waals surface area contributed by atoms with E-state index in [9.17, 15) is 14.7 Å². The van der Waals surface area contributed by atoms with Crippen LogP contribution < -0.4 is 0 Å². The van der Waals surface area contributed by atoms with Gasteiger partial charge in [0.05, 0.1) is 23.3 Å². The minimum Gasteiger partial charge on any atom is -0.449 e. The summed E-state index contributed by atoms with van der Waals surface area (Å²) in [6, 6.07) is 17.0. The Morgan fingerprint density at radius 1 is 0.685 bits per heavy atom. The Morgan fingerprint density at radius 3 is 1.39 bits per heavy atom. The number of ether oxygens (including phenoxy) is 6. The van der Waals surface area contributed by atoms with Crippen LogP contribution in [0.5, 0.6) is 0 Å². The van der Waals surface area contributed by atoms with Crippen molar-refractivity contribution in [2.45, 2.75) is 143 Å². The highest BCUT2D eigenvalue weighted by Crippen LogP contribution is 2.37.